The van der Waals surface area contributed by atoms with Crippen molar-refractivity contribution in [2.45, 2.75) is 362 Å². The Morgan fingerprint density at radius 2 is 0.500 bits per heavy atom. The van der Waals surface area contributed by atoms with E-state index in [9.17, 15) is 19.2 Å². The van der Waals surface area contributed by atoms with Crippen molar-refractivity contribution in [3.8, 4) is 0 Å². The highest BCUT2D eigenvalue weighted by molar-refractivity contribution is 5.71. The van der Waals surface area contributed by atoms with Crippen LogP contribution in [0.15, 0.2) is 97.2 Å². The minimum Gasteiger partial charge on any atom is -0.466 e. The van der Waals surface area contributed by atoms with Crippen LogP contribution >= 0.6 is 0 Å². The van der Waals surface area contributed by atoms with Crippen molar-refractivity contribution in [1.82, 2.24) is 0 Å². The van der Waals surface area contributed by atoms with E-state index < -0.39 is 12.2 Å². The van der Waals surface area contributed by atoms with Gasteiger partial charge >= 0.3 is 23.9 Å². The Hall–Kier alpha value is -4.36. The molecule has 12 nitrogen and oxygen atoms in total. The summed E-state index contributed by atoms with van der Waals surface area (Å²) in [6, 6.07) is 0. The standard InChI is InChI=1S/C57H98O6.C20H36O2.C3H8O3.C2H6O/c1-4-7-10-13-16-19-22-25-28-31-34-37-40-43-46-49-55(58)61-52-54(63-57(60)51-48-45-42-39-36-33-30-27-24-21-18-15-12-9-6-3)53-62-56(59)50-47-44-41-38-35-32-29-26-23-20-17-14-11-8-5-2;1-3-5-6-7-8-9-10-11-12-13-14-15-16-17-18-19-20(21)22-4-2;4-1-3(6)2-5;1-2-3/h16-21,25-30,54H,4-15,22-24,31-53H2,1-3H3;8-9,11-12H,3-7,10,13-19H2,1-2H3;3-6H,1-2H2;3H,2H2,1H3/b19-16-,20-17-,21-18-,28-25-,29-26-,30-27-;9-8-,12-11-;;. The molecule has 0 amide bonds. The number of aliphatic hydroxyl groups is 4. The Bertz CT molecular complexity index is 1730. The first-order valence-corrected chi connectivity index (χ1v) is 38.4. The quantitative estimate of drug-likeness (QED) is 0.0196. The van der Waals surface area contributed by atoms with Gasteiger partial charge in [0, 0.05) is 32.3 Å². The fourth-order valence-corrected chi connectivity index (χ4v) is 9.49. The summed E-state index contributed by atoms with van der Waals surface area (Å²) >= 11 is 0. The Balaban J connectivity index is -0.00000107. The third kappa shape index (κ3) is 91.8. The lowest BCUT2D eigenvalue weighted by atomic mass is 10.1. The summed E-state index contributed by atoms with van der Waals surface area (Å²) in [5, 5.41) is 31.6. The van der Waals surface area contributed by atoms with Crippen molar-refractivity contribution >= 4 is 23.9 Å². The SMILES string of the molecule is CCCCC/C=C\C/C=C\CCCCCCCC(=O)OCC.CCCCC/C=C\C/C=C\CCCCCCCC(=O)OCC(COC(=O)CCCCCCC/C=C\C/C=C\CCCCC)OC(=O)CCCCCCC/C=C\C/C=C\CCCCC.CCO.OCC(O)CO. The zero-order valence-corrected chi connectivity index (χ0v) is 61.6. The molecule has 0 fully saturated rings. The Morgan fingerprint density at radius 3 is 0.723 bits per heavy atom. The van der Waals surface area contributed by atoms with Gasteiger partial charge in [-0.2, -0.15) is 0 Å². The van der Waals surface area contributed by atoms with Gasteiger partial charge in [0.15, 0.2) is 6.10 Å². The molecule has 0 atom stereocenters. The molecule has 0 radical (unpaired) electrons. The molecule has 0 saturated heterocycles. The predicted molar refractivity (Wildman–Crippen MR) is 399 cm³/mol. The first-order valence-electron chi connectivity index (χ1n) is 38.4. The first kappa shape index (κ1) is 96.0. The number of carbonyl (C=O) groups is 4. The van der Waals surface area contributed by atoms with Crippen LogP contribution in [0, 0.1) is 0 Å². The van der Waals surface area contributed by atoms with Crippen LogP contribution in [0.5, 0.6) is 0 Å². The zero-order chi connectivity index (χ0) is 69.8. The highest BCUT2D eigenvalue weighted by Crippen LogP contribution is 2.15. The molecule has 0 aromatic carbocycles. The van der Waals surface area contributed by atoms with Gasteiger partial charge in [-0.25, -0.2) is 0 Å². The number of allylic oxidation sites excluding steroid dienone is 16. The molecule has 0 aliphatic rings. The van der Waals surface area contributed by atoms with E-state index in [-0.39, 0.29) is 56.9 Å². The van der Waals surface area contributed by atoms with E-state index in [0.717, 1.165) is 154 Å². The number of esters is 4. The summed E-state index contributed by atoms with van der Waals surface area (Å²) in [6.45, 7) is 12.3. The molecule has 0 heterocycles. The van der Waals surface area contributed by atoms with E-state index in [1.165, 1.54) is 128 Å². The minimum atomic E-state index is -0.954. The highest BCUT2D eigenvalue weighted by Gasteiger charge is 2.19. The fourth-order valence-electron chi connectivity index (χ4n) is 9.49. The van der Waals surface area contributed by atoms with Crippen LogP contribution in [0.4, 0.5) is 0 Å². The van der Waals surface area contributed by atoms with E-state index in [1.807, 2.05) is 6.92 Å². The summed E-state index contributed by atoms with van der Waals surface area (Å²) in [6.07, 6.45) is 86.6. The van der Waals surface area contributed by atoms with Crippen LogP contribution in [0.2, 0.25) is 0 Å². The number of carbonyl (C=O) groups excluding carboxylic acids is 4. The van der Waals surface area contributed by atoms with Crippen LogP contribution in [0.25, 0.3) is 0 Å². The lowest BCUT2D eigenvalue weighted by Gasteiger charge is -2.18. The number of unbranched alkanes of at least 4 members (excludes halogenated alkanes) is 32. The van der Waals surface area contributed by atoms with Gasteiger partial charge in [-0.05, 0) is 168 Å². The molecule has 0 aliphatic heterocycles. The number of rotatable bonds is 64. The van der Waals surface area contributed by atoms with E-state index in [4.69, 9.17) is 39.4 Å². The molecule has 4 N–H and O–H groups in total. The van der Waals surface area contributed by atoms with Crippen molar-refractivity contribution in [3.05, 3.63) is 97.2 Å². The maximum Gasteiger partial charge on any atom is 0.306 e. The minimum absolute atomic E-state index is 0.0480. The number of hydrogen-bond acceptors (Lipinski definition) is 12. The molecule has 0 unspecified atom stereocenters. The Morgan fingerprint density at radius 1 is 0.287 bits per heavy atom. The molecule has 0 aliphatic carbocycles. The van der Waals surface area contributed by atoms with Crippen LogP contribution in [0.3, 0.4) is 0 Å². The molecule has 0 aromatic rings. The molecule has 94 heavy (non-hydrogen) atoms. The maximum atomic E-state index is 12.8. The summed E-state index contributed by atoms with van der Waals surface area (Å²) < 4.78 is 21.7. The average molecular weight is 1330 g/mol. The van der Waals surface area contributed by atoms with Gasteiger partial charge in [-0.15, -0.1) is 0 Å². The monoisotopic (exact) mass is 1330 g/mol. The molecular formula is C82H148O12. The number of hydrogen-bond donors (Lipinski definition) is 4. The maximum absolute atomic E-state index is 12.8. The topological polar surface area (TPSA) is 186 Å². The fraction of sp³-hybridized carbons (Fsp3) is 0.756. The second kappa shape index (κ2) is 88.6. The molecule has 0 rings (SSSR count). The molecular weight excluding hydrogens is 1180 g/mol. The lowest BCUT2D eigenvalue weighted by Crippen LogP contribution is -2.30. The summed E-state index contributed by atoms with van der Waals surface area (Å²) in [5.41, 5.74) is 0. The van der Waals surface area contributed by atoms with Crippen molar-refractivity contribution in [3.63, 3.8) is 0 Å². The van der Waals surface area contributed by atoms with E-state index in [1.54, 1.807) is 6.92 Å². The number of aliphatic hydroxyl groups excluding tert-OH is 4. The molecule has 0 bridgehead atoms. The third-order valence-corrected chi connectivity index (χ3v) is 15.2. The average Bonchev–Trinajstić information content (AvgIpc) is 3.78. The van der Waals surface area contributed by atoms with Crippen LogP contribution < -0.4 is 0 Å². The zero-order valence-electron chi connectivity index (χ0n) is 61.6. The van der Waals surface area contributed by atoms with E-state index in [0.29, 0.717) is 32.3 Å². The van der Waals surface area contributed by atoms with Gasteiger partial charge in [0.05, 0.1) is 19.8 Å². The molecule has 12 heteroatoms. The van der Waals surface area contributed by atoms with Crippen LogP contribution in [-0.4, -0.2) is 96.2 Å². The predicted octanol–water partition coefficient (Wildman–Crippen LogP) is 22.1. The van der Waals surface area contributed by atoms with Crippen molar-refractivity contribution in [1.29, 1.82) is 0 Å². The van der Waals surface area contributed by atoms with Gasteiger partial charge in [-0.1, -0.05) is 253 Å². The molecule has 0 aromatic heterocycles. The van der Waals surface area contributed by atoms with Crippen LogP contribution in [0.1, 0.15) is 350 Å². The van der Waals surface area contributed by atoms with Gasteiger partial charge in [0.25, 0.3) is 0 Å². The van der Waals surface area contributed by atoms with Crippen molar-refractivity contribution < 1.29 is 58.6 Å². The smallest absolute Gasteiger partial charge is 0.306 e. The van der Waals surface area contributed by atoms with Gasteiger partial charge in [0.2, 0.25) is 0 Å². The summed E-state index contributed by atoms with van der Waals surface area (Å²) in [5.74, 6) is -0.979. The normalized spacial score (nSPS) is 11.7. The van der Waals surface area contributed by atoms with E-state index >= 15 is 0 Å². The number of ether oxygens (including phenoxy) is 4. The van der Waals surface area contributed by atoms with Gasteiger partial charge in [-0.3, -0.25) is 19.2 Å². The Labute approximate surface area is 578 Å². The summed E-state index contributed by atoms with van der Waals surface area (Å²) in [4.78, 5) is 49.1. The Kier molecular flexibility index (Phi) is 90.6. The van der Waals surface area contributed by atoms with Gasteiger partial charge < -0.3 is 39.4 Å². The van der Waals surface area contributed by atoms with E-state index in [2.05, 4.69) is 125 Å². The second-order valence-corrected chi connectivity index (χ2v) is 24.5. The summed E-state index contributed by atoms with van der Waals surface area (Å²) in [7, 11) is 0. The van der Waals surface area contributed by atoms with Crippen molar-refractivity contribution in [2.75, 3.05) is 39.6 Å². The van der Waals surface area contributed by atoms with Gasteiger partial charge in [0.1, 0.15) is 19.3 Å². The largest absolute Gasteiger partial charge is 0.466 e. The van der Waals surface area contributed by atoms with Crippen molar-refractivity contribution in [2.24, 2.45) is 0 Å². The molecule has 0 spiro atoms. The highest BCUT2D eigenvalue weighted by atomic mass is 16.6. The molecule has 548 valence electrons. The lowest BCUT2D eigenvalue weighted by molar-refractivity contribution is -0.167. The second-order valence-electron chi connectivity index (χ2n) is 24.5. The van der Waals surface area contributed by atoms with Crippen LogP contribution in [-0.2, 0) is 38.1 Å². The molecule has 0 saturated carbocycles. The first-order chi connectivity index (χ1) is 46.1. The third-order valence-electron chi connectivity index (χ3n) is 15.2.